The molecule has 0 spiro atoms. The maximum absolute atomic E-state index is 10.7. The molecule has 1 aromatic carbocycles. The fraction of sp³-hybridized carbons (Fsp3) is 0.111. The number of carboxylic acids is 2. The van der Waals surface area contributed by atoms with E-state index in [1.165, 1.54) is 19.1 Å². The average Bonchev–Trinajstić information content (AvgIpc) is 2.02. The van der Waals surface area contributed by atoms with E-state index in [1.54, 1.807) is 0 Å². The third kappa shape index (κ3) is 1.66. The highest BCUT2D eigenvalue weighted by molar-refractivity contribution is 6.02. The van der Waals surface area contributed by atoms with Gasteiger partial charge in [-0.3, -0.25) is 0 Å². The summed E-state index contributed by atoms with van der Waals surface area (Å²) < 4.78 is 0. The summed E-state index contributed by atoms with van der Waals surface area (Å²) in [6, 6.07) is 5.25. The van der Waals surface area contributed by atoms with Crippen molar-refractivity contribution in [3.63, 3.8) is 0 Å². The molecule has 67 valence electrons. The van der Waals surface area contributed by atoms with Gasteiger partial charge in [-0.1, -0.05) is 6.07 Å². The Kier molecular flexibility index (Phi) is 2.32. The Bertz CT molecular complexity index is 368. The van der Waals surface area contributed by atoms with Crippen LogP contribution in [0.15, 0.2) is 12.1 Å². The molecule has 0 aliphatic carbocycles. The molecule has 13 heavy (non-hydrogen) atoms. The van der Waals surface area contributed by atoms with Crippen LogP contribution in [0.25, 0.3) is 0 Å². The van der Waals surface area contributed by atoms with E-state index in [9.17, 15) is 9.59 Å². The van der Waals surface area contributed by atoms with Crippen LogP contribution in [0.4, 0.5) is 0 Å². The molecule has 0 fully saturated rings. The predicted molar refractivity (Wildman–Crippen MR) is 43.9 cm³/mol. The first kappa shape index (κ1) is 9.25. The molecule has 1 rings (SSSR count). The number of rotatable bonds is 2. The van der Waals surface area contributed by atoms with E-state index >= 15 is 0 Å². The molecule has 0 saturated carbocycles. The molecular weight excluding hydrogens is 172 g/mol. The van der Waals surface area contributed by atoms with Crippen LogP contribution in [0.3, 0.4) is 0 Å². The summed E-state index contributed by atoms with van der Waals surface area (Å²) in [6.07, 6.45) is 0. The lowest BCUT2D eigenvalue weighted by Gasteiger charge is -2.03. The Morgan fingerprint density at radius 3 is 2.31 bits per heavy atom. The van der Waals surface area contributed by atoms with Gasteiger partial charge in [-0.05, 0) is 24.6 Å². The third-order valence-corrected chi connectivity index (χ3v) is 1.64. The number of aromatic carboxylic acids is 2. The monoisotopic (exact) mass is 179 g/mol. The molecule has 2 N–H and O–H groups in total. The van der Waals surface area contributed by atoms with Crippen molar-refractivity contribution in [2.75, 3.05) is 0 Å². The Labute approximate surface area is 74.4 Å². The lowest BCUT2D eigenvalue weighted by Crippen LogP contribution is -2.09. The molecule has 4 nitrogen and oxygen atoms in total. The lowest BCUT2D eigenvalue weighted by atomic mass is 10.0. The second-order valence-electron chi connectivity index (χ2n) is 2.50. The van der Waals surface area contributed by atoms with Gasteiger partial charge in [0.1, 0.15) is 0 Å². The molecule has 0 atom stereocenters. The van der Waals surface area contributed by atoms with E-state index in [4.69, 9.17) is 10.2 Å². The van der Waals surface area contributed by atoms with Crippen LogP contribution >= 0.6 is 0 Å². The highest BCUT2D eigenvalue weighted by Crippen LogP contribution is 2.13. The van der Waals surface area contributed by atoms with Gasteiger partial charge in [0.2, 0.25) is 0 Å². The highest BCUT2D eigenvalue weighted by Gasteiger charge is 2.17. The molecule has 0 saturated heterocycles. The topological polar surface area (TPSA) is 74.6 Å². The first-order valence-corrected chi connectivity index (χ1v) is 3.52. The van der Waals surface area contributed by atoms with E-state index in [-0.39, 0.29) is 11.1 Å². The summed E-state index contributed by atoms with van der Waals surface area (Å²) in [6.45, 7) is 1.51. The SMILES string of the molecule is Cc1[c]ccc(C(=O)O)c1C(=O)O. The fourth-order valence-electron chi connectivity index (χ4n) is 1.06. The van der Waals surface area contributed by atoms with E-state index in [0.717, 1.165) is 0 Å². The van der Waals surface area contributed by atoms with Gasteiger partial charge in [-0.2, -0.15) is 0 Å². The van der Waals surface area contributed by atoms with Crippen molar-refractivity contribution < 1.29 is 19.8 Å². The first-order chi connectivity index (χ1) is 6.04. The van der Waals surface area contributed by atoms with Crippen LogP contribution in [0.1, 0.15) is 26.3 Å². The van der Waals surface area contributed by atoms with Crippen molar-refractivity contribution in [2.24, 2.45) is 0 Å². The molecule has 0 heterocycles. The van der Waals surface area contributed by atoms with E-state index < -0.39 is 11.9 Å². The maximum atomic E-state index is 10.7. The zero-order valence-electron chi connectivity index (χ0n) is 6.87. The lowest BCUT2D eigenvalue weighted by molar-refractivity contribution is 0.0650. The van der Waals surface area contributed by atoms with Crippen LogP contribution in [0, 0.1) is 13.0 Å². The van der Waals surface area contributed by atoms with Crippen LogP contribution in [0.2, 0.25) is 0 Å². The van der Waals surface area contributed by atoms with Crippen molar-refractivity contribution in [1.29, 1.82) is 0 Å². The molecule has 0 aromatic heterocycles. The van der Waals surface area contributed by atoms with Gasteiger partial charge >= 0.3 is 11.9 Å². The first-order valence-electron chi connectivity index (χ1n) is 3.52. The standard InChI is InChI=1S/C9H7O4/c1-5-3-2-4-6(8(10)11)7(5)9(12)13/h2,4H,1H3,(H,10,11)(H,12,13). The van der Waals surface area contributed by atoms with Crippen molar-refractivity contribution in [3.05, 3.63) is 34.9 Å². The zero-order chi connectivity index (χ0) is 10.0. The van der Waals surface area contributed by atoms with E-state index in [1.807, 2.05) is 0 Å². The fourth-order valence-corrected chi connectivity index (χ4v) is 1.06. The van der Waals surface area contributed by atoms with E-state index in [0.29, 0.717) is 5.56 Å². The second kappa shape index (κ2) is 3.26. The van der Waals surface area contributed by atoms with Crippen LogP contribution in [-0.2, 0) is 0 Å². The molecule has 1 radical (unpaired) electrons. The van der Waals surface area contributed by atoms with Crippen molar-refractivity contribution >= 4 is 11.9 Å². The van der Waals surface area contributed by atoms with Crippen LogP contribution in [0.5, 0.6) is 0 Å². The largest absolute Gasteiger partial charge is 0.478 e. The molecule has 0 amide bonds. The van der Waals surface area contributed by atoms with Crippen molar-refractivity contribution in [3.8, 4) is 0 Å². The average molecular weight is 179 g/mol. The number of carbonyl (C=O) groups is 2. The van der Waals surface area contributed by atoms with Crippen molar-refractivity contribution in [1.82, 2.24) is 0 Å². The normalized spacial score (nSPS) is 9.62. The summed E-state index contributed by atoms with van der Waals surface area (Å²) in [7, 11) is 0. The van der Waals surface area contributed by atoms with Crippen molar-refractivity contribution in [2.45, 2.75) is 6.92 Å². The van der Waals surface area contributed by atoms with Crippen LogP contribution in [-0.4, -0.2) is 22.2 Å². The Morgan fingerprint density at radius 1 is 1.31 bits per heavy atom. The van der Waals surface area contributed by atoms with Crippen LogP contribution < -0.4 is 0 Å². The van der Waals surface area contributed by atoms with Gasteiger partial charge in [0.05, 0.1) is 11.1 Å². The summed E-state index contributed by atoms with van der Waals surface area (Å²) >= 11 is 0. The minimum Gasteiger partial charge on any atom is -0.478 e. The smallest absolute Gasteiger partial charge is 0.336 e. The second-order valence-corrected chi connectivity index (χ2v) is 2.50. The van der Waals surface area contributed by atoms with Gasteiger partial charge in [0, 0.05) is 0 Å². The quantitative estimate of drug-likeness (QED) is 0.715. The minimum atomic E-state index is -1.24. The van der Waals surface area contributed by atoms with Gasteiger partial charge < -0.3 is 10.2 Å². The number of hydrogen-bond donors (Lipinski definition) is 2. The van der Waals surface area contributed by atoms with Gasteiger partial charge in [-0.15, -0.1) is 0 Å². The summed E-state index contributed by atoms with van der Waals surface area (Å²) in [4.78, 5) is 21.3. The Hall–Kier alpha value is -1.84. The van der Waals surface area contributed by atoms with Gasteiger partial charge in [0.15, 0.2) is 0 Å². The summed E-state index contributed by atoms with van der Waals surface area (Å²) in [5, 5.41) is 17.4. The summed E-state index contributed by atoms with van der Waals surface area (Å²) in [5.41, 5.74) is -0.0776. The maximum Gasteiger partial charge on any atom is 0.336 e. The number of carboxylic acid groups (broad SMARTS) is 2. The summed E-state index contributed by atoms with van der Waals surface area (Å²) in [5.74, 6) is -2.48. The van der Waals surface area contributed by atoms with Gasteiger partial charge in [-0.25, -0.2) is 9.59 Å². The third-order valence-electron chi connectivity index (χ3n) is 1.64. The molecule has 1 aromatic rings. The van der Waals surface area contributed by atoms with Gasteiger partial charge in [0.25, 0.3) is 0 Å². The molecule has 0 unspecified atom stereocenters. The molecule has 4 heteroatoms. The number of hydrogen-bond acceptors (Lipinski definition) is 2. The highest BCUT2D eigenvalue weighted by atomic mass is 16.4. The Balaban J connectivity index is 3.43. The minimum absolute atomic E-state index is 0.199. The molecule has 0 aliphatic rings. The predicted octanol–water partition coefficient (Wildman–Crippen LogP) is 1.19. The number of benzene rings is 1. The molecule has 0 aliphatic heterocycles. The molecule has 0 bridgehead atoms. The Morgan fingerprint density at radius 2 is 1.92 bits per heavy atom. The van der Waals surface area contributed by atoms with E-state index in [2.05, 4.69) is 6.07 Å². The zero-order valence-corrected chi connectivity index (χ0v) is 6.87. The number of aryl methyl sites for hydroxylation is 1. The molecular formula is C9H7O4.